The van der Waals surface area contributed by atoms with Gasteiger partial charge in [0.1, 0.15) is 6.29 Å². The fourth-order valence-corrected chi connectivity index (χ4v) is 1.19. The molecule has 0 saturated heterocycles. The van der Waals surface area contributed by atoms with Crippen LogP contribution in [0, 0.1) is 0 Å². The van der Waals surface area contributed by atoms with E-state index in [-0.39, 0.29) is 0 Å². The summed E-state index contributed by atoms with van der Waals surface area (Å²) >= 11 is 0. The minimum absolute atomic E-state index is 0.328. The predicted molar refractivity (Wildman–Crippen MR) is 45.8 cm³/mol. The maximum Gasteiger partial charge on any atom is 0.141 e. The Labute approximate surface area is 69.6 Å². The van der Waals surface area contributed by atoms with Crippen molar-refractivity contribution in [1.29, 1.82) is 0 Å². The van der Waals surface area contributed by atoms with Crippen molar-refractivity contribution in [2.45, 2.75) is 6.54 Å². The molecule has 0 aliphatic carbocycles. The van der Waals surface area contributed by atoms with Gasteiger partial charge in [-0.3, -0.25) is 4.68 Å². The zero-order valence-electron chi connectivity index (χ0n) is 6.47. The summed E-state index contributed by atoms with van der Waals surface area (Å²) < 4.78 is 1.64. The molecular weight excluding hydrogens is 152 g/mol. The Morgan fingerprint density at radius 1 is 1.42 bits per heavy atom. The molecule has 3 heteroatoms. The van der Waals surface area contributed by atoms with Crippen molar-refractivity contribution in [3.05, 3.63) is 30.5 Å². The molecule has 0 amide bonds. The predicted octanol–water partition coefficient (Wildman–Crippen LogP) is 1.24. The number of nitrogens with zero attached hydrogens (tertiary/aromatic N) is 2. The normalized spacial score (nSPS) is 10.3. The summed E-state index contributed by atoms with van der Waals surface area (Å²) in [6.45, 7) is 0.328. The number of carbonyl (C=O) groups is 1. The molecule has 1 heterocycles. The fraction of sp³-hybridized carbons (Fsp3) is 0.111. The lowest BCUT2D eigenvalue weighted by Crippen LogP contribution is -1.97. The maximum absolute atomic E-state index is 10.2. The first-order valence-corrected chi connectivity index (χ1v) is 3.76. The topological polar surface area (TPSA) is 34.9 Å². The Kier molecular flexibility index (Phi) is 1.63. The number of benzene rings is 1. The lowest BCUT2D eigenvalue weighted by molar-refractivity contribution is -0.108. The lowest BCUT2D eigenvalue weighted by atomic mass is 10.3. The molecule has 0 N–H and O–H groups in total. The van der Waals surface area contributed by atoms with Crippen LogP contribution in [0.5, 0.6) is 0 Å². The van der Waals surface area contributed by atoms with Gasteiger partial charge in [-0.25, -0.2) is 0 Å². The van der Waals surface area contributed by atoms with E-state index < -0.39 is 0 Å². The van der Waals surface area contributed by atoms with Crippen LogP contribution in [0.2, 0.25) is 0 Å². The second-order valence-electron chi connectivity index (χ2n) is 2.58. The summed E-state index contributed by atoms with van der Waals surface area (Å²) in [5.41, 5.74) is 0.930. The molecule has 12 heavy (non-hydrogen) atoms. The average molecular weight is 160 g/mol. The van der Waals surface area contributed by atoms with Crippen LogP contribution < -0.4 is 0 Å². The standard InChI is InChI=1S/C9H8N2O/c12-6-5-11-7-8-3-1-2-4-9(8)10-11/h1-4,6-7H,5H2. The number of carbonyl (C=O) groups excluding carboxylic acids is 1. The van der Waals surface area contributed by atoms with Crippen LogP contribution in [0.25, 0.3) is 10.9 Å². The highest BCUT2D eigenvalue weighted by molar-refractivity contribution is 5.77. The van der Waals surface area contributed by atoms with Crippen molar-refractivity contribution in [3.63, 3.8) is 0 Å². The first-order valence-electron chi connectivity index (χ1n) is 3.76. The fourth-order valence-electron chi connectivity index (χ4n) is 1.19. The maximum atomic E-state index is 10.2. The number of rotatable bonds is 2. The quantitative estimate of drug-likeness (QED) is 0.619. The van der Waals surface area contributed by atoms with E-state index in [2.05, 4.69) is 5.10 Å². The zero-order valence-corrected chi connectivity index (χ0v) is 6.47. The molecule has 1 aromatic heterocycles. The Balaban J connectivity index is 2.54. The summed E-state index contributed by atoms with van der Waals surface area (Å²) in [5.74, 6) is 0. The molecule has 0 aliphatic heterocycles. The van der Waals surface area contributed by atoms with Gasteiger partial charge in [0.05, 0.1) is 12.1 Å². The van der Waals surface area contributed by atoms with Gasteiger partial charge < -0.3 is 4.79 Å². The van der Waals surface area contributed by atoms with Crippen molar-refractivity contribution in [2.24, 2.45) is 0 Å². The van der Waals surface area contributed by atoms with Crippen molar-refractivity contribution in [2.75, 3.05) is 0 Å². The third kappa shape index (κ3) is 1.09. The number of aromatic nitrogens is 2. The van der Waals surface area contributed by atoms with Gasteiger partial charge in [0.15, 0.2) is 0 Å². The molecule has 0 fully saturated rings. The van der Waals surface area contributed by atoms with E-state index in [1.165, 1.54) is 0 Å². The first kappa shape index (κ1) is 7.03. The summed E-state index contributed by atoms with van der Waals surface area (Å²) in [4.78, 5) is 10.2. The second kappa shape index (κ2) is 2.77. The van der Waals surface area contributed by atoms with Crippen molar-refractivity contribution in [3.8, 4) is 0 Å². The highest BCUT2D eigenvalue weighted by Gasteiger charge is 1.96. The van der Waals surface area contributed by atoms with Gasteiger partial charge in [0.2, 0.25) is 0 Å². The molecule has 2 rings (SSSR count). The lowest BCUT2D eigenvalue weighted by Gasteiger charge is -1.87. The van der Waals surface area contributed by atoms with E-state index in [4.69, 9.17) is 0 Å². The van der Waals surface area contributed by atoms with E-state index >= 15 is 0 Å². The van der Waals surface area contributed by atoms with Crippen LogP contribution in [-0.4, -0.2) is 16.1 Å². The smallest absolute Gasteiger partial charge is 0.141 e. The highest BCUT2D eigenvalue weighted by atomic mass is 16.1. The van der Waals surface area contributed by atoms with Crippen LogP contribution in [0.15, 0.2) is 30.5 Å². The molecule has 0 saturated carbocycles. The molecule has 60 valence electrons. The molecule has 1 aromatic carbocycles. The molecule has 3 nitrogen and oxygen atoms in total. The van der Waals surface area contributed by atoms with Gasteiger partial charge in [0, 0.05) is 11.6 Å². The van der Waals surface area contributed by atoms with Crippen LogP contribution in [0.4, 0.5) is 0 Å². The zero-order chi connectivity index (χ0) is 8.39. The van der Waals surface area contributed by atoms with E-state index in [0.29, 0.717) is 6.54 Å². The molecule has 0 spiro atoms. The van der Waals surface area contributed by atoms with Gasteiger partial charge in [0.25, 0.3) is 0 Å². The number of aldehydes is 1. The first-order chi connectivity index (χ1) is 5.90. The number of hydrogen-bond donors (Lipinski definition) is 0. The molecule has 0 atom stereocenters. The number of hydrogen-bond acceptors (Lipinski definition) is 2. The van der Waals surface area contributed by atoms with Gasteiger partial charge in [-0.15, -0.1) is 0 Å². The van der Waals surface area contributed by atoms with Crippen LogP contribution in [0.1, 0.15) is 0 Å². The Morgan fingerprint density at radius 2 is 2.25 bits per heavy atom. The van der Waals surface area contributed by atoms with Gasteiger partial charge in [-0.05, 0) is 6.07 Å². The summed E-state index contributed by atoms with van der Waals surface area (Å²) in [6, 6.07) is 7.79. The van der Waals surface area contributed by atoms with E-state index in [0.717, 1.165) is 17.2 Å². The van der Waals surface area contributed by atoms with Gasteiger partial charge in [-0.2, -0.15) is 5.10 Å². The molecule has 0 aliphatic rings. The van der Waals surface area contributed by atoms with Gasteiger partial charge >= 0.3 is 0 Å². The van der Waals surface area contributed by atoms with Crippen molar-refractivity contribution in [1.82, 2.24) is 9.78 Å². The van der Waals surface area contributed by atoms with E-state index in [1.54, 1.807) is 4.68 Å². The molecular formula is C9H8N2O. The molecule has 0 radical (unpaired) electrons. The minimum atomic E-state index is 0.328. The third-order valence-corrected chi connectivity index (χ3v) is 1.72. The highest BCUT2D eigenvalue weighted by Crippen LogP contribution is 2.09. The van der Waals surface area contributed by atoms with E-state index in [1.807, 2.05) is 30.5 Å². The van der Waals surface area contributed by atoms with Crippen LogP contribution >= 0.6 is 0 Å². The van der Waals surface area contributed by atoms with E-state index in [9.17, 15) is 4.79 Å². The summed E-state index contributed by atoms with van der Waals surface area (Å²) in [5, 5.41) is 5.26. The minimum Gasteiger partial charge on any atom is -0.301 e. The molecule has 2 aromatic rings. The Bertz CT molecular complexity index is 373. The largest absolute Gasteiger partial charge is 0.301 e. The summed E-state index contributed by atoms with van der Waals surface area (Å²) in [7, 11) is 0. The molecule has 0 bridgehead atoms. The SMILES string of the molecule is O=CCn1cc2ccccc2n1. The van der Waals surface area contributed by atoms with Crippen molar-refractivity contribution >= 4 is 17.2 Å². The third-order valence-electron chi connectivity index (χ3n) is 1.72. The van der Waals surface area contributed by atoms with Crippen molar-refractivity contribution < 1.29 is 4.79 Å². The monoisotopic (exact) mass is 160 g/mol. The van der Waals surface area contributed by atoms with Gasteiger partial charge in [-0.1, -0.05) is 18.2 Å². The van der Waals surface area contributed by atoms with Crippen LogP contribution in [0.3, 0.4) is 0 Å². The van der Waals surface area contributed by atoms with Crippen LogP contribution in [-0.2, 0) is 11.3 Å². The average Bonchev–Trinajstić information content (AvgIpc) is 2.47. The Morgan fingerprint density at radius 3 is 3.00 bits per heavy atom. The second-order valence-corrected chi connectivity index (χ2v) is 2.58. The molecule has 0 unspecified atom stereocenters. The Hall–Kier alpha value is -1.64. The summed E-state index contributed by atoms with van der Waals surface area (Å²) in [6.07, 6.45) is 2.70. The number of fused-ring (bicyclic) bond motifs is 1.